The Morgan fingerprint density at radius 3 is 2.62 bits per heavy atom. The molecule has 3 aromatic rings. The number of anilines is 1. The normalized spacial score (nSPS) is 16.3. The summed E-state index contributed by atoms with van der Waals surface area (Å²) < 4.78 is 15.1. The van der Waals surface area contributed by atoms with Crippen molar-refractivity contribution in [3.05, 3.63) is 47.7 Å². The summed E-state index contributed by atoms with van der Waals surface area (Å²) in [7, 11) is 1.88. The van der Waals surface area contributed by atoms with Crippen LogP contribution >= 0.6 is 0 Å². The molecule has 2 aromatic heterocycles. The van der Waals surface area contributed by atoms with Gasteiger partial charge in [0, 0.05) is 13.6 Å². The molecule has 0 amide bonds. The van der Waals surface area contributed by atoms with Gasteiger partial charge in [-0.15, -0.1) is 0 Å². The van der Waals surface area contributed by atoms with Crippen molar-refractivity contribution >= 4 is 16.9 Å². The molecule has 1 aliphatic heterocycles. The molecule has 0 saturated carbocycles. The van der Waals surface area contributed by atoms with Crippen molar-refractivity contribution in [2.24, 2.45) is 7.05 Å². The van der Waals surface area contributed by atoms with E-state index in [1.54, 1.807) is 10.9 Å². The van der Waals surface area contributed by atoms with Crippen LogP contribution in [0, 0.1) is 12.7 Å². The van der Waals surface area contributed by atoms with Crippen LogP contribution in [0.15, 0.2) is 30.5 Å². The molecule has 1 atom stereocenters. The first kappa shape index (κ1) is 16.9. The maximum atomic E-state index is 13.3. The number of rotatable bonds is 5. The molecular formula is C19H23FN6. The Hall–Kier alpha value is -2.54. The predicted molar refractivity (Wildman–Crippen MR) is 99.5 cm³/mol. The molecule has 26 heavy (non-hydrogen) atoms. The number of fused-ring (bicyclic) bond motifs is 1. The van der Waals surface area contributed by atoms with Crippen LogP contribution in [0.4, 0.5) is 10.2 Å². The highest BCUT2D eigenvalue weighted by Gasteiger charge is 2.24. The molecule has 1 N–H and O–H groups in total. The van der Waals surface area contributed by atoms with E-state index in [2.05, 4.69) is 25.3 Å². The zero-order chi connectivity index (χ0) is 18.1. The lowest BCUT2D eigenvalue weighted by Gasteiger charge is -2.28. The minimum atomic E-state index is -0.203. The van der Waals surface area contributed by atoms with Gasteiger partial charge in [-0.1, -0.05) is 12.1 Å². The van der Waals surface area contributed by atoms with E-state index in [9.17, 15) is 4.39 Å². The third kappa shape index (κ3) is 3.26. The maximum absolute atomic E-state index is 13.3. The second kappa shape index (κ2) is 6.99. The molecule has 136 valence electrons. The number of aryl methyl sites for hydroxylation is 2. The Kier molecular flexibility index (Phi) is 4.55. The first-order valence-corrected chi connectivity index (χ1v) is 9.01. The van der Waals surface area contributed by atoms with Crippen molar-refractivity contribution in [2.75, 3.05) is 25.0 Å². The summed E-state index contributed by atoms with van der Waals surface area (Å²) >= 11 is 0. The van der Waals surface area contributed by atoms with Gasteiger partial charge in [-0.25, -0.2) is 14.4 Å². The third-order valence-electron chi connectivity index (χ3n) is 5.00. The van der Waals surface area contributed by atoms with E-state index < -0.39 is 0 Å². The minimum Gasteiger partial charge on any atom is -0.367 e. The zero-order valence-corrected chi connectivity index (χ0v) is 15.1. The van der Waals surface area contributed by atoms with Crippen LogP contribution in [0.5, 0.6) is 0 Å². The highest BCUT2D eigenvalue weighted by molar-refractivity contribution is 5.86. The van der Waals surface area contributed by atoms with Crippen LogP contribution in [0.25, 0.3) is 11.0 Å². The van der Waals surface area contributed by atoms with E-state index in [-0.39, 0.29) is 11.9 Å². The molecule has 1 aromatic carbocycles. The lowest BCUT2D eigenvalue weighted by molar-refractivity contribution is 0.256. The van der Waals surface area contributed by atoms with E-state index in [0.29, 0.717) is 12.4 Å². The van der Waals surface area contributed by atoms with E-state index in [4.69, 9.17) is 0 Å². The predicted octanol–water partition coefficient (Wildman–Crippen LogP) is 3.06. The Balaban J connectivity index is 1.61. The standard InChI is InChI=1S/C19H23FN6/c1-13-23-18(16-11-22-25(2)19(16)24-13)21-12-17(26-9-3-4-10-26)14-5-7-15(20)8-6-14/h5-8,11,17H,3-4,9-10,12H2,1-2H3,(H,21,23,24)/t17-/m0/s1. The molecule has 1 aliphatic rings. The second-order valence-corrected chi connectivity index (χ2v) is 6.82. The number of aromatic nitrogens is 4. The first-order valence-electron chi connectivity index (χ1n) is 9.01. The summed E-state index contributed by atoms with van der Waals surface area (Å²) in [6, 6.07) is 7.01. The van der Waals surface area contributed by atoms with Crippen LogP contribution < -0.4 is 5.32 Å². The van der Waals surface area contributed by atoms with Gasteiger partial charge in [0.15, 0.2) is 5.65 Å². The minimum absolute atomic E-state index is 0.181. The van der Waals surface area contributed by atoms with E-state index in [1.165, 1.54) is 25.0 Å². The van der Waals surface area contributed by atoms with Crippen LogP contribution in [-0.2, 0) is 7.05 Å². The molecular weight excluding hydrogens is 331 g/mol. The van der Waals surface area contributed by atoms with Gasteiger partial charge in [0.2, 0.25) is 0 Å². The number of likely N-dealkylation sites (tertiary alicyclic amines) is 1. The van der Waals surface area contributed by atoms with Gasteiger partial charge < -0.3 is 5.32 Å². The van der Waals surface area contributed by atoms with Crippen LogP contribution in [-0.4, -0.2) is 44.3 Å². The Bertz CT molecular complexity index is 898. The first-order chi connectivity index (χ1) is 12.6. The molecule has 6 nitrogen and oxygen atoms in total. The van der Waals surface area contributed by atoms with Crippen LogP contribution in [0.2, 0.25) is 0 Å². The van der Waals surface area contributed by atoms with Crippen molar-refractivity contribution in [1.29, 1.82) is 0 Å². The average molecular weight is 354 g/mol. The van der Waals surface area contributed by atoms with Crippen LogP contribution in [0.3, 0.4) is 0 Å². The number of hydrogen-bond donors (Lipinski definition) is 1. The summed E-state index contributed by atoms with van der Waals surface area (Å²) in [4.78, 5) is 11.5. The number of halogens is 1. The highest BCUT2D eigenvalue weighted by atomic mass is 19.1. The molecule has 0 unspecified atom stereocenters. The third-order valence-corrected chi connectivity index (χ3v) is 5.00. The van der Waals surface area contributed by atoms with Gasteiger partial charge in [0.05, 0.1) is 17.6 Å². The van der Waals surface area contributed by atoms with Gasteiger partial charge in [-0.2, -0.15) is 5.10 Å². The van der Waals surface area contributed by atoms with Gasteiger partial charge in [-0.05, 0) is 50.6 Å². The summed E-state index contributed by atoms with van der Waals surface area (Å²) in [5.74, 6) is 1.31. The molecule has 3 heterocycles. The number of nitrogens with one attached hydrogen (secondary N) is 1. The summed E-state index contributed by atoms with van der Waals surface area (Å²) in [5.41, 5.74) is 1.94. The fourth-order valence-electron chi connectivity index (χ4n) is 3.66. The van der Waals surface area contributed by atoms with Gasteiger partial charge >= 0.3 is 0 Å². The lowest BCUT2D eigenvalue weighted by Crippen LogP contribution is -2.31. The molecule has 1 fully saturated rings. The molecule has 0 bridgehead atoms. The maximum Gasteiger partial charge on any atom is 0.163 e. The van der Waals surface area contributed by atoms with Gasteiger partial charge in [0.25, 0.3) is 0 Å². The zero-order valence-electron chi connectivity index (χ0n) is 15.1. The smallest absolute Gasteiger partial charge is 0.163 e. The second-order valence-electron chi connectivity index (χ2n) is 6.82. The average Bonchev–Trinajstić information content (AvgIpc) is 3.27. The van der Waals surface area contributed by atoms with Gasteiger partial charge in [0.1, 0.15) is 17.5 Å². The van der Waals surface area contributed by atoms with Crippen molar-refractivity contribution in [3.63, 3.8) is 0 Å². The largest absolute Gasteiger partial charge is 0.367 e. The Morgan fingerprint density at radius 2 is 1.88 bits per heavy atom. The molecule has 4 rings (SSSR count). The molecule has 0 aliphatic carbocycles. The fourth-order valence-corrected chi connectivity index (χ4v) is 3.66. The summed E-state index contributed by atoms with van der Waals surface area (Å²) in [6.07, 6.45) is 4.20. The molecule has 7 heteroatoms. The fraction of sp³-hybridized carbons (Fsp3) is 0.421. The van der Waals surface area contributed by atoms with E-state index >= 15 is 0 Å². The van der Waals surface area contributed by atoms with E-state index in [1.807, 2.05) is 26.1 Å². The van der Waals surface area contributed by atoms with Crippen molar-refractivity contribution in [1.82, 2.24) is 24.6 Å². The number of hydrogen-bond acceptors (Lipinski definition) is 5. The van der Waals surface area contributed by atoms with Crippen molar-refractivity contribution in [3.8, 4) is 0 Å². The van der Waals surface area contributed by atoms with Crippen molar-refractivity contribution < 1.29 is 4.39 Å². The Labute approximate surface area is 152 Å². The molecule has 0 spiro atoms. The van der Waals surface area contributed by atoms with Gasteiger partial charge in [-0.3, -0.25) is 9.58 Å². The topological polar surface area (TPSA) is 58.9 Å². The molecule has 0 radical (unpaired) electrons. The summed E-state index contributed by atoms with van der Waals surface area (Å²) in [5, 5.41) is 8.70. The van der Waals surface area contributed by atoms with E-state index in [0.717, 1.165) is 35.5 Å². The number of benzene rings is 1. The quantitative estimate of drug-likeness (QED) is 0.763. The monoisotopic (exact) mass is 354 g/mol. The summed E-state index contributed by atoms with van der Waals surface area (Å²) in [6.45, 7) is 4.71. The Morgan fingerprint density at radius 1 is 1.15 bits per heavy atom. The molecule has 1 saturated heterocycles. The van der Waals surface area contributed by atoms with Crippen molar-refractivity contribution in [2.45, 2.75) is 25.8 Å². The van der Waals surface area contributed by atoms with Crippen LogP contribution in [0.1, 0.15) is 30.3 Å². The lowest BCUT2D eigenvalue weighted by atomic mass is 10.1. The highest BCUT2D eigenvalue weighted by Crippen LogP contribution is 2.27. The number of nitrogens with zero attached hydrogens (tertiary/aromatic N) is 5. The SMILES string of the molecule is Cc1nc(NC[C@@H](c2ccc(F)cc2)N2CCCC2)c2cnn(C)c2n1.